The average Bonchev–Trinajstić information content (AvgIpc) is 3.42. The molecule has 1 N–H and O–H groups in total. The number of ether oxygens (including phenoxy) is 1. The van der Waals surface area contributed by atoms with Crippen LogP contribution in [0.25, 0.3) is 0 Å². The van der Waals surface area contributed by atoms with Crippen molar-refractivity contribution in [3.05, 3.63) is 41.7 Å². The van der Waals surface area contributed by atoms with E-state index in [4.69, 9.17) is 9.15 Å². The lowest BCUT2D eigenvalue weighted by molar-refractivity contribution is 0.0622. The van der Waals surface area contributed by atoms with Crippen LogP contribution in [0.2, 0.25) is 0 Å². The van der Waals surface area contributed by atoms with E-state index in [0.29, 0.717) is 43.1 Å². The number of oxazole rings is 1. The molecule has 27 heavy (non-hydrogen) atoms. The van der Waals surface area contributed by atoms with Gasteiger partial charge in [0.05, 0.1) is 13.7 Å². The van der Waals surface area contributed by atoms with Crippen LogP contribution in [0.15, 0.2) is 29.0 Å². The van der Waals surface area contributed by atoms with Crippen molar-refractivity contribution in [3.8, 4) is 5.88 Å². The molecule has 1 amide bonds. The van der Waals surface area contributed by atoms with E-state index in [1.807, 2.05) is 23.2 Å². The molecule has 0 atom stereocenters. The molecule has 144 valence electrons. The van der Waals surface area contributed by atoms with Crippen LogP contribution in [0.3, 0.4) is 0 Å². The standard InChI is InChI=1S/C19H25N5O3/c1-26-17-5-2-14(10-21-17)12-23-6-8-24(9-7-23)19(25)16-13-27-18(22-16)11-20-15-3-4-15/h2,5,10,13,15,20H,3-4,6-9,11-12H2,1H3. The molecule has 1 aliphatic carbocycles. The number of hydrogen-bond donors (Lipinski definition) is 1. The molecule has 1 saturated carbocycles. The Balaban J connectivity index is 1.26. The third-order valence-corrected chi connectivity index (χ3v) is 4.96. The third-order valence-electron chi connectivity index (χ3n) is 4.96. The number of hydrogen-bond acceptors (Lipinski definition) is 7. The van der Waals surface area contributed by atoms with Crippen LogP contribution in [0.1, 0.15) is 34.8 Å². The van der Waals surface area contributed by atoms with E-state index in [9.17, 15) is 4.79 Å². The number of carbonyl (C=O) groups is 1. The van der Waals surface area contributed by atoms with Gasteiger partial charge in [0.2, 0.25) is 11.8 Å². The van der Waals surface area contributed by atoms with E-state index in [2.05, 4.69) is 20.2 Å². The Kier molecular flexibility index (Phi) is 5.35. The van der Waals surface area contributed by atoms with Crippen LogP contribution < -0.4 is 10.1 Å². The molecular weight excluding hydrogens is 346 g/mol. The first-order valence-corrected chi connectivity index (χ1v) is 9.39. The summed E-state index contributed by atoms with van der Waals surface area (Å²) in [7, 11) is 1.61. The minimum Gasteiger partial charge on any atom is -0.481 e. The van der Waals surface area contributed by atoms with Gasteiger partial charge in [0.15, 0.2) is 5.69 Å². The van der Waals surface area contributed by atoms with E-state index in [1.54, 1.807) is 7.11 Å². The number of aromatic nitrogens is 2. The molecular formula is C19H25N5O3. The van der Waals surface area contributed by atoms with Crippen LogP contribution in [-0.4, -0.2) is 65.0 Å². The smallest absolute Gasteiger partial charge is 0.275 e. The summed E-state index contributed by atoms with van der Waals surface area (Å²) in [5.41, 5.74) is 1.54. The topological polar surface area (TPSA) is 83.7 Å². The van der Waals surface area contributed by atoms with Gasteiger partial charge in [-0.25, -0.2) is 9.97 Å². The highest BCUT2D eigenvalue weighted by Crippen LogP contribution is 2.19. The van der Waals surface area contributed by atoms with E-state index < -0.39 is 0 Å². The number of rotatable bonds is 7. The Morgan fingerprint density at radius 1 is 1.30 bits per heavy atom. The van der Waals surface area contributed by atoms with Crippen molar-refractivity contribution in [2.75, 3.05) is 33.3 Å². The van der Waals surface area contributed by atoms with Gasteiger partial charge in [-0.05, 0) is 18.4 Å². The lowest BCUT2D eigenvalue weighted by atomic mass is 10.2. The molecule has 2 aromatic rings. The molecule has 0 bridgehead atoms. The van der Waals surface area contributed by atoms with Crippen molar-refractivity contribution in [2.24, 2.45) is 0 Å². The summed E-state index contributed by atoms with van der Waals surface area (Å²) in [6.45, 7) is 4.43. The Morgan fingerprint density at radius 2 is 2.11 bits per heavy atom. The van der Waals surface area contributed by atoms with E-state index >= 15 is 0 Å². The first-order chi connectivity index (χ1) is 13.2. The zero-order valence-corrected chi connectivity index (χ0v) is 15.6. The molecule has 0 radical (unpaired) electrons. The molecule has 4 rings (SSSR count). The van der Waals surface area contributed by atoms with Gasteiger partial charge in [0.1, 0.15) is 6.26 Å². The summed E-state index contributed by atoms with van der Waals surface area (Å²) in [5, 5.41) is 3.34. The molecule has 2 fully saturated rings. The molecule has 3 heterocycles. The summed E-state index contributed by atoms with van der Waals surface area (Å²) >= 11 is 0. The molecule has 2 aromatic heterocycles. The van der Waals surface area contributed by atoms with Gasteiger partial charge in [-0.3, -0.25) is 9.69 Å². The van der Waals surface area contributed by atoms with E-state index in [1.165, 1.54) is 19.1 Å². The molecule has 1 saturated heterocycles. The number of nitrogens with zero attached hydrogens (tertiary/aromatic N) is 4. The predicted molar refractivity (Wildman–Crippen MR) is 98.3 cm³/mol. The zero-order valence-electron chi connectivity index (χ0n) is 15.6. The fraction of sp³-hybridized carbons (Fsp3) is 0.526. The lowest BCUT2D eigenvalue weighted by Crippen LogP contribution is -2.48. The minimum atomic E-state index is -0.0535. The second-order valence-electron chi connectivity index (χ2n) is 7.06. The van der Waals surface area contributed by atoms with Gasteiger partial charge >= 0.3 is 0 Å². The largest absolute Gasteiger partial charge is 0.481 e. The number of nitrogens with one attached hydrogen (secondary N) is 1. The zero-order chi connectivity index (χ0) is 18.6. The van der Waals surface area contributed by atoms with Crippen LogP contribution in [-0.2, 0) is 13.1 Å². The van der Waals surface area contributed by atoms with Crippen molar-refractivity contribution in [3.63, 3.8) is 0 Å². The Morgan fingerprint density at radius 3 is 2.78 bits per heavy atom. The Labute approximate surface area is 158 Å². The number of pyridine rings is 1. The van der Waals surface area contributed by atoms with E-state index in [0.717, 1.165) is 25.2 Å². The van der Waals surface area contributed by atoms with Crippen molar-refractivity contribution in [1.29, 1.82) is 0 Å². The Hall–Kier alpha value is -2.45. The third kappa shape index (κ3) is 4.64. The normalized spacial score (nSPS) is 17.9. The van der Waals surface area contributed by atoms with Gasteiger partial charge in [-0.15, -0.1) is 0 Å². The molecule has 0 spiro atoms. The van der Waals surface area contributed by atoms with E-state index in [-0.39, 0.29) is 5.91 Å². The van der Waals surface area contributed by atoms with Crippen LogP contribution in [0.4, 0.5) is 0 Å². The number of amides is 1. The number of piperazine rings is 1. The highest BCUT2D eigenvalue weighted by atomic mass is 16.5. The van der Waals surface area contributed by atoms with Gasteiger partial charge in [0.25, 0.3) is 5.91 Å². The molecule has 0 aromatic carbocycles. The summed E-state index contributed by atoms with van der Waals surface area (Å²) in [6.07, 6.45) is 5.73. The second kappa shape index (κ2) is 8.06. The maximum Gasteiger partial charge on any atom is 0.275 e. The fourth-order valence-corrected chi connectivity index (χ4v) is 3.16. The molecule has 1 aliphatic heterocycles. The van der Waals surface area contributed by atoms with Crippen molar-refractivity contribution in [1.82, 2.24) is 25.1 Å². The highest BCUT2D eigenvalue weighted by Gasteiger charge is 2.25. The van der Waals surface area contributed by atoms with Crippen LogP contribution in [0.5, 0.6) is 5.88 Å². The first-order valence-electron chi connectivity index (χ1n) is 9.39. The SMILES string of the molecule is COc1ccc(CN2CCN(C(=O)c3coc(CNC4CC4)n3)CC2)cn1. The van der Waals surface area contributed by atoms with Crippen LogP contribution >= 0.6 is 0 Å². The summed E-state index contributed by atoms with van der Waals surface area (Å²) in [6, 6.07) is 4.48. The second-order valence-corrected chi connectivity index (χ2v) is 7.06. The fourth-order valence-electron chi connectivity index (χ4n) is 3.16. The quantitative estimate of drug-likeness (QED) is 0.785. The molecule has 2 aliphatic rings. The van der Waals surface area contributed by atoms with Gasteiger partial charge in [0, 0.05) is 51.0 Å². The molecule has 8 nitrogen and oxygen atoms in total. The average molecular weight is 371 g/mol. The Bertz CT molecular complexity index is 764. The maximum atomic E-state index is 12.6. The summed E-state index contributed by atoms with van der Waals surface area (Å²) in [4.78, 5) is 25.4. The van der Waals surface area contributed by atoms with Crippen molar-refractivity contribution >= 4 is 5.91 Å². The molecule has 8 heteroatoms. The number of methoxy groups -OCH3 is 1. The predicted octanol–water partition coefficient (Wildman–Crippen LogP) is 1.29. The highest BCUT2D eigenvalue weighted by molar-refractivity contribution is 5.92. The van der Waals surface area contributed by atoms with Crippen molar-refractivity contribution < 1.29 is 13.9 Å². The number of carbonyl (C=O) groups excluding carboxylic acids is 1. The summed E-state index contributed by atoms with van der Waals surface area (Å²) in [5.74, 6) is 1.14. The maximum absolute atomic E-state index is 12.6. The van der Waals surface area contributed by atoms with Crippen molar-refractivity contribution in [2.45, 2.75) is 32.0 Å². The lowest BCUT2D eigenvalue weighted by Gasteiger charge is -2.34. The molecule has 0 unspecified atom stereocenters. The van der Waals surface area contributed by atoms with Gasteiger partial charge in [-0.1, -0.05) is 6.07 Å². The summed E-state index contributed by atoms with van der Waals surface area (Å²) < 4.78 is 10.5. The first kappa shape index (κ1) is 17.9. The van der Waals surface area contributed by atoms with Gasteiger partial charge < -0.3 is 19.4 Å². The monoisotopic (exact) mass is 371 g/mol. The minimum absolute atomic E-state index is 0.0535. The van der Waals surface area contributed by atoms with Crippen LogP contribution in [0, 0.1) is 0 Å². The van der Waals surface area contributed by atoms with Gasteiger partial charge in [-0.2, -0.15) is 0 Å².